The average Bonchev–Trinajstić information content (AvgIpc) is 2.42. The van der Waals surface area contributed by atoms with E-state index in [0.29, 0.717) is 5.69 Å². The molecule has 0 atom stereocenters. The lowest BCUT2D eigenvalue weighted by Crippen LogP contribution is -2.17. The van der Waals surface area contributed by atoms with E-state index in [4.69, 9.17) is 5.73 Å². The van der Waals surface area contributed by atoms with Gasteiger partial charge in [-0.05, 0) is 44.2 Å². The van der Waals surface area contributed by atoms with Gasteiger partial charge in [0.05, 0.1) is 16.3 Å². The van der Waals surface area contributed by atoms with Crippen molar-refractivity contribution < 1.29 is 8.42 Å². The van der Waals surface area contributed by atoms with Gasteiger partial charge in [0.25, 0.3) is 0 Å². The summed E-state index contributed by atoms with van der Waals surface area (Å²) in [7, 11) is -3.24. The number of sulfone groups is 1. The van der Waals surface area contributed by atoms with Crippen molar-refractivity contribution in [2.75, 3.05) is 23.4 Å². The van der Waals surface area contributed by atoms with Gasteiger partial charge in [-0.1, -0.05) is 17.7 Å². The largest absolute Gasteiger partial charge is 0.397 e. The van der Waals surface area contributed by atoms with E-state index in [-0.39, 0.29) is 4.90 Å². The van der Waals surface area contributed by atoms with E-state index in [2.05, 4.69) is 4.90 Å². The third-order valence-corrected chi connectivity index (χ3v) is 4.49. The maximum absolute atomic E-state index is 11.6. The Labute approximate surface area is 126 Å². The van der Waals surface area contributed by atoms with Crippen molar-refractivity contribution in [2.45, 2.75) is 18.7 Å². The van der Waals surface area contributed by atoms with Gasteiger partial charge >= 0.3 is 0 Å². The summed E-state index contributed by atoms with van der Waals surface area (Å²) in [5.41, 5.74) is 9.55. The van der Waals surface area contributed by atoms with Crippen molar-refractivity contribution in [2.24, 2.45) is 0 Å². The highest BCUT2D eigenvalue weighted by Crippen LogP contribution is 2.32. The number of rotatable bonds is 4. The minimum absolute atomic E-state index is 0.240. The van der Waals surface area contributed by atoms with Crippen LogP contribution in [0.3, 0.4) is 0 Å². The van der Waals surface area contributed by atoms with Gasteiger partial charge < -0.3 is 10.6 Å². The van der Waals surface area contributed by atoms with Crippen LogP contribution in [0.1, 0.15) is 12.5 Å². The highest BCUT2D eigenvalue weighted by molar-refractivity contribution is 7.90. The van der Waals surface area contributed by atoms with E-state index in [1.165, 1.54) is 17.9 Å². The molecule has 0 aliphatic heterocycles. The molecule has 0 amide bonds. The fourth-order valence-electron chi connectivity index (χ4n) is 2.23. The van der Waals surface area contributed by atoms with E-state index in [1.54, 1.807) is 12.1 Å². The third-order valence-electron chi connectivity index (χ3n) is 3.38. The number of hydrogen-bond acceptors (Lipinski definition) is 4. The first-order valence-corrected chi connectivity index (χ1v) is 8.66. The quantitative estimate of drug-likeness (QED) is 0.881. The molecule has 0 aliphatic rings. The van der Waals surface area contributed by atoms with Crippen molar-refractivity contribution in [1.29, 1.82) is 0 Å². The number of nitrogens with two attached hydrogens (primary N) is 1. The van der Waals surface area contributed by atoms with Crippen molar-refractivity contribution in [3.05, 3.63) is 48.0 Å². The minimum Gasteiger partial charge on any atom is -0.397 e. The molecule has 0 heterocycles. The lowest BCUT2D eigenvalue weighted by molar-refractivity contribution is 0.602. The van der Waals surface area contributed by atoms with Gasteiger partial charge in [-0.25, -0.2) is 8.42 Å². The van der Waals surface area contributed by atoms with E-state index in [9.17, 15) is 8.42 Å². The summed E-state index contributed by atoms with van der Waals surface area (Å²) in [4.78, 5) is 2.30. The van der Waals surface area contributed by atoms with Crippen LogP contribution in [0.2, 0.25) is 0 Å². The monoisotopic (exact) mass is 304 g/mol. The van der Waals surface area contributed by atoms with Gasteiger partial charge in [-0.15, -0.1) is 0 Å². The molecule has 0 aromatic heterocycles. The van der Waals surface area contributed by atoms with Gasteiger partial charge in [0, 0.05) is 18.5 Å². The minimum atomic E-state index is -3.24. The SMILES string of the molecule is CCN(c1ccc(C)cc1)c1ccc(S(C)(=O)=O)cc1N. The average molecular weight is 304 g/mol. The third kappa shape index (κ3) is 3.36. The zero-order valence-corrected chi connectivity index (χ0v) is 13.3. The predicted molar refractivity (Wildman–Crippen MR) is 87.8 cm³/mol. The molecule has 0 saturated carbocycles. The van der Waals surface area contributed by atoms with Gasteiger partial charge in [0.1, 0.15) is 0 Å². The molecule has 5 heteroatoms. The number of anilines is 3. The molecule has 2 aromatic rings. The molecule has 0 aliphatic carbocycles. The predicted octanol–water partition coefficient (Wildman–Crippen LogP) is 3.14. The summed E-state index contributed by atoms with van der Waals surface area (Å²) in [6.07, 6.45) is 1.18. The topological polar surface area (TPSA) is 63.4 Å². The smallest absolute Gasteiger partial charge is 0.175 e. The summed E-state index contributed by atoms with van der Waals surface area (Å²) < 4.78 is 23.1. The maximum atomic E-state index is 11.6. The van der Waals surface area contributed by atoms with E-state index >= 15 is 0 Å². The summed E-state index contributed by atoms with van der Waals surface area (Å²) in [6, 6.07) is 13.0. The summed E-state index contributed by atoms with van der Waals surface area (Å²) in [5.74, 6) is 0. The van der Waals surface area contributed by atoms with Crippen LogP contribution in [0.25, 0.3) is 0 Å². The van der Waals surface area contributed by atoms with Gasteiger partial charge in [-0.2, -0.15) is 0 Å². The van der Waals surface area contributed by atoms with Gasteiger partial charge in [0.2, 0.25) is 0 Å². The second-order valence-corrected chi connectivity index (χ2v) is 7.09. The van der Waals surface area contributed by atoms with E-state index in [1.807, 2.05) is 38.1 Å². The zero-order chi connectivity index (χ0) is 15.6. The first-order valence-electron chi connectivity index (χ1n) is 6.76. The molecule has 0 spiro atoms. The number of nitrogens with zero attached hydrogens (tertiary/aromatic N) is 1. The van der Waals surface area contributed by atoms with Crippen LogP contribution in [0.15, 0.2) is 47.4 Å². The highest BCUT2D eigenvalue weighted by atomic mass is 32.2. The summed E-state index contributed by atoms with van der Waals surface area (Å²) >= 11 is 0. The van der Waals surface area contributed by atoms with Crippen LogP contribution in [-0.4, -0.2) is 21.2 Å². The molecular formula is C16H20N2O2S. The van der Waals surface area contributed by atoms with Crippen LogP contribution in [0.5, 0.6) is 0 Å². The lowest BCUT2D eigenvalue weighted by Gasteiger charge is -2.25. The number of hydrogen-bond donors (Lipinski definition) is 1. The second-order valence-electron chi connectivity index (χ2n) is 5.07. The van der Waals surface area contributed by atoms with Crippen LogP contribution in [-0.2, 0) is 9.84 Å². The van der Waals surface area contributed by atoms with Crippen LogP contribution in [0, 0.1) is 6.92 Å². The van der Waals surface area contributed by atoms with Crippen molar-refractivity contribution in [3.8, 4) is 0 Å². The Balaban J connectivity index is 2.46. The van der Waals surface area contributed by atoms with E-state index in [0.717, 1.165) is 17.9 Å². The van der Waals surface area contributed by atoms with Crippen molar-refractivity contribution >= 4 is 26.9 Å². The number of nitrogen functional groups attached to an aromatic ring is 1. The molecule has 0 fully saturated rings. The Morgan fingerprint density at radius 1 is 1.10 bits per heavy atom. The molecule has 0 unspecified atom stereocenters. The Morgan fingerprint density at radius 3 is 2.19 bits per heavy atom. The molecule has 2 N–H and O–H groups in total. The number of aryl methyl sites for hydroxylation is 1. The molecule has 0 bridgehead atoms. The first-order chi connectivity index (χ1) is 9.82. The fourth-order valence-corrected chi connectivity index (χ4v) is 2.88. The first kappa shape index (κ1) is 15.4. The van der Waals surface area contributed by atoms with Crippen molar-refractivity contribution in [1.82, 2.24) is 0 Å². The summed E-state index contributed by atoms with van der Waals surface area (Å²) in [5, 5.41) is 0. The Kier molecular flexibility index (Phi) is 4.23. The molecular weight excluding hydrogens is 284 g/mol. The molecule has 112 valence electrons. The molecule has 0 radical (unpaired) electrons. The molecule has 4 nitrogen and oxygen atoms in total. The molecule has 2 aromatic carbocycles. The van der Waals surface area contributed by atoms with Gasteiger partial charge in [0.15, 0.2) is 9.84 Å². The lowest BCUT2D eigenvalue weighted by atomic mass is 10.2. The maximum Gasteiger partial charge on any atom is 0.175 e. The highest BCUT2D eigenvalue weighted by Gasteiger charge is 2.14. The van der Waals surface area contributed by atoms with Crippen molar-refractivity contribution in [3.63, 3.8) is 0 Å². The van der Waals surface area contributed by atoms with Gasteiger partial charge in [-0.3, -0.25) is 0 Å². The Hall–Kier alpha value is -2.01. The van der Waals surface area contributed by atoms with Crippen LogP contribution >= 0.6 is 0 Å². The Morgan fingerprint density at radius 2 is 1.71 bits per heavy atom. The van der Waals surface area contributed by atoms with Crippen LogP contribution < -0.4 is 10.6 Å². The summed E-state index contributed by atoms with van der Waals surface area (Å²) in [6.45, 7) is 4.81. The van der Waals surface area contributed by atoms with Crippen LogP contribution in [0.4, 0.5) is 17.1 Å². The Bertz CT molecular complexity index is 737. The van der Waals surface area contributed by atoms with E-state index < -0.39 is 9.84 Å². The second kappa shape index (κ2) is 5.77. The standard InChI is InChI=1S/C16H20N2O2S/c1-4-18(13-7-5-12(2)6-8-13)16-10-9-14(11-15(16)17)21(3,19)20/h5-11H,4,17H2,1-3H3. The normalized spacial score (nSPS) is 11.4. The molecule has 0 saturated heterocycles. The number of benzene rings is 2. The fraction of sp³-hybridized carbons (Fsp3) is 0.250. The zero-order valence-electron chi connectivity index (χ0n) is 12.5. The molecule has 2 rings (SSSR count). The molecule has 21 heavy (non-hydrogen) atoms.